The first kappa shape index (κ1) is 15.2. The largest absolute Gasteiger partial charge is 0.416 e. The molecule has 1 aromatic carbocycles. The normalized spacial score (nSPS) is 11.3. The summed E-state index contributed by atoms with van der Waals surface area (Å²) in [5, 5.41) is 9.72. The maximum Gasteiger partial charge on any atom is 0.308 e. The van der Waals surface area contributed by atoms with Gasteiger partial charge in [0.2, 0.25) is 5.89 Å². The molecule has 1 aromatic heterocycles. The van der Waals surface area contributed by atoms with Crippen LogP contribution in [0, 0.1) is 0 Å². The van der Waals surface area contributed by atoms with Crippen molar-refractivity contribution < 1.29 is 17.6 Å². The number of hydrogen-bond donors (Lipinski definition) is 1. The minimum atomic E-state index is -3.57. The van der Waals surface area contributed by atoms with Crippen LogP contribution in [0.4, 0.5) is 0 Å². The van der Waals surface area contributed by atoms with Crippen LogP contribution in [-0.2, 0) is 15.6 Å². The first-order valence-electron chi connectivity index (χ1n) is 6.41. The van der Waals surface area contributed by atoms with Gasteiger partial charge in [-0.15, -0.1) is 10.2 Å². The third kappa shape index (κ3) is 3.88. The van der Waals surface area contributed by atoms with Crippen LogP contribution in [0.3, 0.4) is 0 Å². The Balaban J connectivity index is 2.11. The van der Waals surface area contributed by atoms with E-state index in [2.05, 4.69) is 15.5 Å². The molecule has 0 unspecified atom stereocenters. The predicted molar refractivity (Wildman–Crippen MR) is 74.3 cm³/mol. The van der Waals surface area contributed by atoms with E-state index in [-0.39, 0.29) is 16.7 Å². The fraction of sp³-hybridized carbons (Fsp3) is 0.308. The number of aromatic nitrogens is 2. The number of carbonyl (C=O) groups excluding carboxylic acids is 1. The van der Waals surface area contributed by atoms with E-state index in [1.165, 1.54) is 12.1 Å². The summed E-state index contributed by atoms with van der Waals surface area (Å²) in [4.78, 5) is 11.8. The predicted octanol–water partition coefficient (Wildman–Crippen LogP) is 1.18. The van der Waals surface area contributed by atoms with Gasteiger partial charge >= 0.3 is 11.8 Å². The minimum absolute atomic E-state index is 0.111. The second kappa shape index (κ2) is 6.49. The Morgan fingerprint density at radius 2 is 1.95 bits per heavy atom. The topological polar surface area (TPSA) is 102 Å². The SMILES string of the molecule is CCCNC(=O)c1nnc(CS(=O)(=O)c2ccccc2)o1. The lowest BCUT2D eigenvalue weighted by Crippen LogP contribution is -2.24. The van der Waals surface area contributed by atoms with Crippen molar-refractivity contribution in [3.8, 4) is 0 Å². The Bertz CT molecular complexity index is 710. The molecule has 21 heavy (non-hydrogen) atoms. The summed E-state index contributed by atoms with van der Waals surface area (Å²) in [6.45, 7) is 2.39. The highest BCUT2D eigenvalue weighted by Crippen LogP contribution is 2.15. The van der Waals surface area contributed by atoms with E-state index >= 15 is 0 Å². The lowest BCUT2D eigenvalue weighted by atomic mass is 10.4. The van der Waals surface area contributed by atoms with E-state index in [9.17, 15) is 13.2 Å². The Labute approximate surface area is 122 Å². The molecule has 2 rings (SSSR count). The molecular formula is C13H15N3O4S. The highest BCUT2D eigenvalue weighted by atomic mass is 32.2. The summed E-state index contributed by atoms with van der Waals surface area (Å²) < 4.78 is 29.3. The van der Waals surface area contributed by atoms with Crippen molar-refractivity contribution in [2.45, 2.75) is 24.0 Å². The smallest absolute Gasteiger partial charge is 0.308 e. The number of rotatable bonds is 6. The lowest BCUT2D eigenvalue weighted by molar-refractivity contribution is 0.0917. The van der Waals surface area contributed by atoms with Gasteiger partial charge in [-0.25, -0.2) is 8.42 Å². The lowest BCUT2D eigenvalue weighted by Gasteiger charge is -2.00. The molecule has 2 aromatic rings. The van der Waals surface area contributed by atoms with Gasteiger partial charge in [-0.3, -0.25) is 4.79 Å². The number of amides is 1. The molecule has 1 amide bonds. The van der Waals surface area contributed by atoms with Crippen LogP contribution in [0.25, 0.3) is 0 Å². The van der Waals surface area contributed by atoms with Crippen molar-refractivity contribution in [3.63, 3.8) is 0 Å². The third-order valence-corrected chi connectivity index (χ3v) is 4.23. The fourth-order valence-corrected chi connectivity index (χ4v) is 2.77. The van der Waals surface area contributed by atoms with Crippen molar-refractivity contribution in [3.05, 3.63) is 42.1 Å². The Morgan fingerprint density at radius 3 is 2.62 bits per heavy atom. The van der Waals surface area contributed by atoms with Crippen molar-refractivity contribution in [2.24, 2.45) is 0 Å². The zero-order valence-corrected chi connectivity index (χ0v) is 12.3. The summed E-state index contributed by atoms with van der Waals surface area (Å²) in [6, 6.07) is 7.96. The highest BCUT2D eigenvalue weighted by Gasteiger charge is 2.21. The quantitative estimate of drug-likeness (QED) is 0.859. The van der Waals surface area contributed by atoms with E-state index < -0.39 is 21.5 Å². The number of carbonyl (C=O) groups is 1. The molecule has 0 bridgehead atoms. The third-order valence-electron chi connectivity index (χ3n) is 2.61. The second-order valence-electron chi connectivity index (χ2n) is 4.33. The average Bonchev–Trinajstić information content (AvgIpc) is 2.93. The van der Waals surface area contributed by atoms with E-state index in [4.69, 9.17) is 4.42 Å². The number of benzene rings is 1. The average molecular weight is 309 g/mol. The van der Waals surface area contributed by atoms with Crippen molar-refractivity contribution in [1.82, 2.24) is 15.5 Å². The Kier molecular flexibility index (Phi) is 4.69. The van der Waals surface area contributed by atoms with E-state index in [0.29, 0.717) is 6.54 Å². The van der Waals surface area contributed by atoms with Crippen LogP contribution in [-0.4, -0.2) is 31.1 Å². The molecule has 112 valence electrons. The molecule has 0 aliphatic rings. The van der Waals surface area contributed by atoms with Crippen LogP contribution in [0.2, 0.25) is 0 Å². The van der Waals surface area contributed by atoms with Crippen molar-refractivity contribution in [1.29, 1.82) is 0 Å². The first-order valence-corrected chi connectivity index (χ1v) is 8.06. The van der Waals surface area contributed by atoms with Gasteiger partial charge in [0.15, 0.2) is 9.84 Å². The zero-order valence-electron chi connectivity index (χ0n) is 11.4. The van der Waals surface area contributed by atoms with Crippen LogP contribution < -0.4 is 5.32 Å². The first-order chi connectivity index (χ1) is 10.0. The number of hydrogen-bond acceptors (Lipinski definition) is 6. The Hall–Kier alpha value is -2.22. The van der Waals surface area contributed by atoms with Gasteiger partial charge in [-0.05, 0) is 18.6 Å². The molecular weight excluding hydrogens is 294 g/mol. The van der Waals surface area contributed by atoms with Crippen LogP contribution in [0.15, 0.2) is 39.6 Å². The minimum Gasteiger partial charge on any atom is -0.416 e. The molecule has 0 spiro atoms. The van der Waals surface area contributed by atoms with Crippen molar-refractivity contribution in [2.75, 3.05) is 6.54 Å². The van der Waals surface area contributed by atoms with Crippen LogP contribution >= 0.6 is 0 Å². The summed E-state index contributed by atoms with van der Waals surface area (Å²) >= 11 is 0. The number of nitrogens with zero attached hydrogens (tertiary/aromatic N) is 2. The molecule has 0 aliphatic heterocycles. The molecule has 0 saturated carbocycles. The monoisotopic (exact) mass is 309 g/mol. The van der Waals surface area contributed by atoms with Crippen LogP contribution in [0.1, 0.15) is 29.9 Å². The molecule has 0 radical (unpaired) electrons. The maximum atomic E-state index is 12.1. The van der Waals surface area contributed by atoms with E-state index in [0.717, 1.165) is 6.42 Å². The molecule has 1 N–H and O–H groups in total. The van der Waals surface area contributed by atoms with E-state index in [1.54, 1.807) is 18.2 Å². The molecule has 0 aliphatic carbocycles. The number of sulfone groups is 1. The summed E-state index contributed by atoms with van der Waals surface area (Å²) in [5.41, 5.74) is 0. The summed E-state index contributed by atoms with van der Waals surface area (Å²) in [5.74, 6) is -1.29. The maximum absolute atomic E-state index is 12.1. The highest BCUT2D eigenvalue weighted by molar-refractivity contribution is 7.90. The van der Waals surface area contributed by atoms with Crippen LogP contribution in [0.5, 0.6) is 0 Å². The zero-order chi connectivity index (χ0) is 15.3. The number of nitrogens with one attached hydrogen (secondary N) is 1. The summed E-state index contributed by atoms with van der Waals surface area (Å²) in [7, 11) is -3.57. The second-order valence-corrected chi connectivity index (χ2v) is 6.32. The van der Waals surface area contributed by atoms with Gasteiger partial charge in [0.1, 0.15) is 5.75 Å². The van der Waals surface area contributed by atoms with Gasteiger partial charge < -0.3 is 9.73 Å². The van der Waals surface area contributed by atoms with Gasteiger partial charge in [0.25, 0.3) is 0 Å². The molecule has 1 heterocycles. The molecule has 7 nitrogen and oxygen atoms in total. The molecule has 0 saturated heterocycles. The van der Waals surface area contributed by atoms with Crippen molar-refractivity contribution >= 4 is 15.7 Å². The summed E-state index contributed by atoms with van der Waals surface area (Å²) in [6.07, 6.45) is 0.773. The van der Waals surface area contributed by atoms with Gasteiger partial charge in [0.05, 0.1) is 4.90 Å². The van der Waals surface area contributed by atoms with Gasteiger partial charge in [-0.1, -0.05) is 25.1 Å². The molecule has 8 heteroatoms. The van der Waals surface area contributed by atoms with Gasteiger partial charge in [0, 0.05) is 6.54 Å². The standard InChI is InChI=1S/C13H15N3O4S/c1-2-8-14-12(17)13-16-15-11(20-13)9-21(18,19)10-6-4-3-5-7-10/h3-7H,2,8-9H2,1H3,(H,14,17). The Morgan fingerprint density at radius 1 is 1.24 bits per heavy atom. The molecule has 0 fully saturated rings. The molecule has 0 atom stereocenters. The fourth-order valence-electron chi connectivity index (χ4n) is 1.59. The van der Waals surface area contributed by atoms with E-state index in [1.807, 2.05) is 6.92 Å². The van der Waals surface area contributed by atoms with Gasteiger partial charge in [-0.2, -0.15) is 0 Å².